The number of amides is 1. The molecule has 2 aromatic carbocycles. The van der Waals surface area contributed by atoms with Crippen LogP contribution in [0.5, 0.6) is 0 Å². The Hall–Kier alpha value is -2.27. The smallest absolute Gasteiger partial charge is 0.442 e. The summed E-state index contributed by atoms with van der Waals surface area (Å²) in [5.41, 5.74) is -3.65. The summed E-state index contributed by atoms with van der Waals surface area (Å²) in [6.45, 7) is 0. The van der Waals surface area contributed by atoms with Gasteiger partial charge in [0.05, 0.1) is 27.9 Å². The lowest BCUT2D eigenvalue weighted by Gasteiger charge is -2.34. The number of carbonyl (C=O) groups excluding carboxylic acids is 2. The van der Waals surface area contributed by atoms with Crippen molar-refractivity contribution >= 4 is 73.4 Å². The van der Waals surface area contributed by atoms with Gasteiger partial charge in [0.1, 0.15) is 0 Å². The molecule has 0 fully saturated rings. The standard InChI is InChI=1S/C18H11Cl3F3N3O3S/c1-30-15(29)17(18(22,23)24,26-14(28)10-4-2-8(19)6-11(10)21)27-16-25-12-5-3-9(20)7-13(12)31-16/h2-7H,1H3,(H,25,27)(H,26,28)/t17-/m1/s1. The van der Waals surface area contributed by atoms with Crippen molar-refractivity contribution in [3.05, 3.63) is 57.0 Å². The van der Waals surface area contributed by atoms with Crippen LogP contribution in [0.1, 0.15) is 10.4 Å². The average molecular weight is 513 g/mol. The van der Waals surface area contributed by atoms with E-state index in [1.807, 2.05) is 5.32 Å². The lowest BCUT2D eigenvalue weighted by atomic mass is 10.1. The zero-order chi connectivity index (χ0) is 23.0. The van der Waals surface area contributed by atoms with Gasteiger partial charge >= 0.3 is 17.8 Å². The average Bonchev–Trinajstić information content (AvgIpc) is 3.06. The summed E-state index contributed by atoms with van der Waals surface area (Å²) in [5.74, 6) is -3.10. The summed E-state index contributed by atoms with van der Waals surface area (Å²) in [4.78, 5) is 29.0. The fourth-order valence-corrected chi connectivity index (χ4v) is 4.26. The molecule has 6 nitrogen and oxygen atoms in total. The topological polar surface area (TPSA) is 80.3 Å². The second-order valence-corrected chi connectivity index (χ2v) is 8.38. The van der Waals surface area contributed by atoms with E-state index in [4.69, 9.17) is 34.8 Å². The van der Waals surface area contributed by atoms with Gasteiger partial charge in [-0.3, -0.25) is 4.79 Å². The number of alkyl halides is 3. The quantitative estimate of drug-likeness (QED) is 0.347. The highest BCUT2D eigenvalue weighted by molar-refractivity contribution is 7.22. The number of nitrogens with zero attached hydrogens (tertiary/aromatic N) is 1. The third kappa shape index (κ3) is 4.67. The fraction of sp³-hybridized carbons (Fsp3) is 0.167. The maximum Gasteiger partial charge on any atom is 0.442 e. The number of fused-ring (bicyclic) bond motifs is 1. The van der Waals surface area contributed by atoms with Gasteiger partial charge in [-0.2, -0.15) is 13.2 Å². The van der Waals surface area contributed by atoms with Crippen molar-refractivity contribution in [3.63, 3.8) is 0 Å². The van der Waals surface area contributed by atoms with Gasteiger partial charge in [0, 0.05) is 10.0 Å². The molecule has 0 unspecified atom stereocenters. The van der Waals surface area contributed by atoms with Gasteiger partial charge < -0.3 is 15.4 Å². The van der Waals surface area contributed by atoms with Crippen molar-refractivity contribution in [3.8, 4) is 0 Å². The van der Waals surface area contributed by atoms with Gasteiger partial charge in [0.25, 0.3) is 5.91 Å². The summed E-state index contributed by atoms with van der Waals surface area (Å²) in [6, 6.07) is 8.07. The first kappa shape index (κ1) is 23.4. The van der Waals surface area contributed by atoms with Crippen molar-refractivity contribution < 1.29 is 27.5 Å². The van der Waals surface area contributed by atoms with E-state index in [9.17, 15) is 22.8 Å². The molecule has 0 radical (unpaired) electrons. The molecule has 2 N–H and O–H groups in total. The van der Waals surface area contributed by atoms with E-state index in [1.165, 1.54) is 30.3 Å². The molecule has 0 spiro atoms. The summed E-state index contributed by atoms with van der Waals surface area (Å²) in [5, 5.41) is 3.66. The molecule has 0 aliphatic rings. The SMILES string of the molecule is COC(=O)[C@@](NC(=O)c1ccc(Cl)cc1Cl)(Nc1nc2ccc(Cl)cc2s1)C(F)(F)F. The molecule has 164 valence electrons. The first-order chi connectivity index (χ1) is 14.5. The van der Waals surface area contributed by atoms with Crippen LogP contribution in [-0.2, 0) is 9.53 Å². The molecule has 0 bridgehead atoms. The molecular weight excluding hydrogens is 502 g/mol. The van der Waals surface area contributed by atoms with Crippen LogP contribution in [0.25, 0.3) is 10.2 Å². The highest BCUT2D eigenvalue weighted by Gasteiger charge is 2.64. The van der Waals surface area contributed by atoms with Crippen molar-refractivity contribution in [1.82, 2.24) is 10.3 Å². The minimum Gasteiger partial charge on any atom is -0.466 e. The molecule has 31 heavy (non-hydrogen) atoms. The molecule has 1 amide bonds. The lowest BCUT2D eigenvalue weighted by Crippen LogP contribution is -2.69. The number of nitrogens with one attached hydrogen (secondary N) is 2. The lowest BCUT2D eigenvalue weighted by molar-refractivity contribution is -0.203. The van der Waals surface area contributed by atoms with Crippen molar-refractivity contribution in [2.75, 3.05) is 12.4 Å². The van der Waals surface area contributed by atoms with E-state index in [2.05, 4.69) is 9.72 Å². The Morgan fingerprint density at radius 2 is 1.71 bits per heavy atom. The van der Waals surface area contributed by atoms with Gasteiger partial charge in [-0.15, -0.1) is 0 Å². The number of aromatic nitrogens is 1. The second-order valence-electron chi connectivity index (χ2n) is 6.07. The van der Waals surface area contributed by atoms with Crippen LogP contribution in [0.3, 0.4) is 0 Å². The normalized spacial score (nSPS) is 13.5. The molecule has 0 aliphatic heterocycles. The number of hydrogen-bond donors (Lipinski definition) is 2. The van der Waals surface area contributed by atoms with Crippen molar-refractivity contribution in [2.24, 2.45) is 0 Å². The largest absolute Gasteiger partial charge is 0.466 e. The van der Waals surface area contributed by atoms with Crippen LogP contribution in [0, 0.1) is 0 Å². The molecular formula is C18H11Cl3F3N3O3S. The minimum absolute atomic E-state index is 0.169. The Kier molecular flexibility index (Phi) is 6.56. The Morgan fingerprint density at radius 1 is 1.06 bits per heavy atom. The maximum absolute atomic E-state index is 14.2. The number of rotatable bonds is 5. The maximum atomic E-state index is 14.2. The number of thiazole rings is 1. The predicted molar refractivity (Wildman–Crippen MR) is 113 cm³/mol. The summed E-state index contributed by atoms with van der Waals surface area (Å²) < 4.78 is 47.4. The van der Waals surface area contributed by atoms with Crippen molar-refractivity contribution in [1.29, 1.82) is 0 Å². The van der Waals surface area contributed by atoms with E-state index in [1.54, 1.807) is 5.32 Å². The minimum atomic E-state index is -5.33. The van der Waals surface area contributed by atoms with Gasteiger partial charge in [-0.05, 0) is 36.4 Å². The Morgan fingerprint density at radius 3 is 2.32 bits per heavy atom. The number of anilines is 1. The van der Waals surface area contributed by atoms with Crippen LogP contribution >= 0.6 is 46.1 Å². The van der Waals surface area contributed by atoms with Gasteiger partial charge in [-0.1, -0.05) is 46.1 Å². The monoisotopic (exact) mass is 511 g/mol. The second kappa shape index (κ2) is 8.70. The molecule has 0 saturated carbocycles. The fourth-order valence-electron chi connectivity index (χ4n) is 2.57. The molecule has 0 saturated heterocycles. The van der Waals surface area contributed by atoms with Crippen LogP contribution in [0.4, 0.5) is 18.3 Å². The highest BCUT2D eigenvalue weighted by Crippen LogP contribution is 2.37. The number of methoxy groups -OCH3 is 1. The van der Waals surface area contributed by atoms with E-state index in [0.717, 1.165) is 24.5 Å². The van der Waals surface area contributed by atoms with Crippen LogP contribution in [0.2, 0.25) is 15.1 Å². The van der Waals surface area contributed by atoms with Gasteiger partial charge in [0.2, 0.25) is 0 Å². The third-order valence-electron chi connectivity index (χ3n) is 4.04. The van der Waals surface area contributed by atoms with E-state index in [-0.39, 0.29) is 20.7 Å². The molecule has 3 rings (SSSR count). The highest BCUT2D eigenvalue weighted by atomic mass is 35.5. The zero-order valence-electron chi connectivity index (χ0n) is 15.3. The number of hydrogen-bond acceptors (Lipinski definition) is 6. The van der Waals surface area contributed by atoms with Crippen molar-refractivity contribution in [2.45, 2.75) is 11.8 Å². The first-order valence-electron chi connectivity index (χ1n) is 8.24. The summed E-state index contributed by atoms with van der Waals surface area (Å²) in [7, 11) is 0.754. The summed E-state index contributed by atoms with van der Waals surface area (Å²) >= 11 is 18.4. The predicted octanol–water partition coefficient (Wildman–Crippen LogP) is 5.53. The third-order valence-corrected chi connectivity index (χ3v) is 5.76. The Labute approximate surface area is 192 Å². The number of benzene rings is 2. The first-order valence-corrected chi connectivity index (χ1v) is 10.2. The molecule has 3 aromatic rings. The molecule has 13 heteroatoms. The van der Waals surface area contributed by atoms with E-state index in [0.29, 0.717) is 15.2 Å². The Balaban J connectivity index is 2.07. The number of ether oxygens (including phenoxy) is 1. The van der Waals surface area contributed by atoms with Gasteiger partial charge in [-0.25, -0.2) is 9.78 Å². The van der Waals surface area contributed by atoms with E-state index < -0.39 is 23.7 Å². The molecule has 0 aliphatic carbocycles. The molecule has 1 atom stereocenters. The molecule has 1 aromatic heterocycles. The number of halogens is 6. The van der Waals surface area contributed by atoms with Crippen LogP contribution in [-0.4, -0.2) is 35.8 Å². The van der Waals surface area contributed by atoms with Crippen LogP contribution < -0.4 is 10.6 Å². The molecule has 1 heterocycles. The van der Waals surface area contributed by atoms with Gasteiger partial charge in [0.15, 0.2) is 5.13 Å². The Bertz CT molecular complexity index is 1170. The number of carbonyl (C=O) groups is 2. The zero-order valence-corrected chi connectivity index (χ0v) is 18.4. The summed E-state index contributed by atoms with van der Waals surface area (Å²) in [6.07, 6.45) is -5.33. The van der Waals surface area contributed by atoms with E-state index >= 15 is 0 Å². The number of esters is 1. The van der Waals surface area contributed by atoms with Crippen LogP contribution in [0.15, 0.2) is 36.4 Å².